The van der Waals surface area contributed by atoms with Crippen LogP contribution in [0.4, 0.5) is 0 Å². The van der Waals surface area contributed by atoms with Gasteiger partial charge in [-0.05, 0) is 18.6 Å². The number of phenolic OH excluding ortho intramolecular Hbond substituents is 1. The summed E-state index contributed by atoms with van der Waals surface area (Å²) in [5, 5.41) is 9.46. The number of carbonyl (C=O) groups is 1. The van der Waals surface area contributed by atoms with Crippen LogP contribution in [0.15, 0.2) is 29.2 Å². The second-order valence-corrected chi connectivity index (χ2v) is 4.35. The van der Waals surface area contributed by atoms with Crippen LogP contribution in [0.25, 0.3) is 0 Å². The molecule has 0 heterocycles. The van der Waals surface area contributed by atoms with Gasteiger partial charge < -0.3 is 9.84 Å². The first kappa shape index (κ1) is 12.9. The molecule has 0 aromatic heterocycles. The van der Waals surface area contributed by atoms with E-state index < -0.39 is 0 Å². The summed E-state index contributed by atoms with van der Waals surface area (Å²) in [6, 6.07) is 6.95. The lowest BCUT2D eigenvalue weighted by Crippen LogP contribution is -2.08. The van der Waals surface area contributed by atoms with Gasteiger partial charge in [-0.25, -0.2) is 0 Å². The number of hydrogen-bond donors (Lipinski definition) is 1. The average molecular weight is 240 g/mol. The maximum Gasteiger partial charge on any atom is 0.316 e. The van der Waals surface area contributed by atoms with E-state index in [1.54, 1.807) is 18.2 Å². The highest BCUT2D eigenvalue weighted by molar-refractivity contribution is 8.00. The van der Waals surface area contributed by atoms with Crippen molar-refractivity contribution in [1.29, 1.82) is 0 Å². The Morgan fingerprint density at radius 2 is 2.19 bits per heavy atom. The number of benzene rings is 1. The highest BCUT2D eigenvalue weighted by Crippen LogP contribution is 2.27. The third-order valence-electron chi connectivity index (χ3n) is 1.97. The van der Waals surface area contributed by atoms with Gasteiger partial charge in [-0.1, -0.05) is 25.5 Å². The highest BCUT2D eigenvalue weighted by Gasteiger charge is 2.06. The fraction of sp³-hybridized carbons (Fsp3) is 0.417. The zero-order chi connectivity index (χ0) is 11.8. The number of thioether (sulfide) groups is 1. The number of para-hydroxylation sites is 1. The molecule has 0 unspecified atom stereocenters. The van der Waals surface area contributed by atoms with Gasteiger partial charge in [-0.15, -0.1) is 11.8 Å². The third-order valence-corrected chi connectivity index (χ3v) is 3.01. The van der Waals surface area contributed by atoms with Crippen molar-refractivity contribution in [2.75, 3.05) is 12.4 Å². The number of hydrogen-bond acceptors (Lipinski definition) is 4. The lowest BCUT2D eigenvalue weighted by molar-refractivity contribution is -0.140. The van der Waals surface area contributed by atoms with Crippen molar-refractivity contribution in [2.45, 2.75) is 24.7 Å². The summed E-state index contributed by atoms with van der Waals surface area (Å²) in [6.45, 7) is 2.53. The summed E-state index contributed by atoms with van der Waals surface area (Å²) in [6.07, 6.45) is 1.91. The van der Waals surface area contributed by atoms with Crippen molar-refractivity contribution in [2.24, 2.45) is 0 Å². The molecule has 0 fully saturated rings. The molecule has 0 saturated heterocycles. The largest absolute Gasteiger partial charge is 0.507 e. The zero-order valence-corrected chi connectivity index (χ0v) is 10.1. The third kappa shape index (κ3) is 4.57. The number of unbranched alkanes of at least 4 members (excludes halogenated alkanes) is 1. The van der Waals surface area contributed by atoms with Gasteiger partial charge in [-0.2, -0.15) is 0 Å². The van der Waals surface area contributed by atoms with Crippen molar-refractivity contribution in [3.05, 3.63) is 24.3 Å². The topological polar surface area (TPSA) is 46.5 Å². The molecular formula is C12H16O3S. The summed E-state index contributed by atoms with van der Waals surface area (Å²) in [4.78, 5) is 12.0. The second-order valence-electron chi connectivity index (χ2n) is 3.33. The summed E-state index contributed by atoms with van der Waals surface area (Å²) in [7, 11) is 0. The molecular weight excluding hydrogens is 224 g/mol. The van der Waals surface area contributed by atoms with E-state index in [4.69, 9.17) is 4.74 Å². The number of esters is 1. The molecule has 0 aliphatic rings. The summed E-state index contributed by atoms with van der Waals surface area (Å²) >= 11 is 1.29. The summed E-state index contributed by atoms with van der Waals surface area (Å²) in [5.41, 5.74) is 0. The Kier molecular flexibility index (Phi) is 5.78. The molecule has 1 N–H and O–H groups in total. The van der Waals surface area contributed by atoms with Gasteiger partial charge in [0, 0.05) is 4.90 Å². The van der Waals surface area contributed by atoms with Crippen LogP contribution in [0.1, 0.15) is 19.8 Å². The average Bonchev–Trinajstić information content (AvgIpc) is 2.28. The van der Waals surface area contributed by atoms with Crippen LogP contribution in [0.2, 0.25) is 0 Å². The predicted octanol–water partition coefficient (Wildman–Crippen LogP) is 2.83. The van der Waals surface area contributed by atoms with E-state index in [9.17, 15) is 9.90 Å². The molecule has 0 spiro atoms. The van der Waals surface area contributed by atoms with Gasteiger partial charge in [0.15, 0.2) is 0 Å². The van der Waals surface area contributed by atoms with Crippen LogP contribution in [0, 0.1) is 0 Å². The quantitative estimate of drug-likeness (QED) is 0.472. The number of aromatic hydroxyl groups is 1. The SMILES string of the molecule is CCCCOC(=O)CSc1ccccc1O. The molecule has 0 saturated carbocycles. The summed E-state index contributed by atoms with van der Waals surface area (Å²) in [5.74, 6) is 0.206. The van der Waals surface area contributed by atoms with Crippen LogP contribution in [-0.4, -0.2) is 23.4 Å². The second kappa shape index (κ2) is 7.17. The van der Waals surface area contributed by atoms with E-state index in [1.807, 2.05) is 13.0 Å². The fourth-order valence-corrected chi connectivity index (χ4v) is 1.84. The first-order chi connectivity index (χ1) is 7.74. The van der Waals surface area contributed by atoms with Gasteiger partial charge >= 0.3 is 5.97 Å². The molecule has 88 valence electrons. The molecule has 1 aromatic rings. The number of rotatable bonds is 6. The molecule has 3 nitrogen and oxygen atoms in total. The molecule has 0 aliphatic carbocycles. The maximum atomic E-state index is 11.3. The molecule has 1 aromatic carbocycles. The lowest BCUT2D eigenvalue weighted by atomic mass is 10.3. The van der Waals surface area contributed by atoms with Crippen molar-refractivity contribution < 1.29 is 14.6 Å². The number of ether oxygens (including phenoxy) is 1. The first-order valence-electron chi connectivity index (χ1n) is 5.30. The standard InChI is InChI=1S/C12H16O3S/c1-2-3-8-15-12(14)9-16-11-7-5-4-6-10(11)13/h4-7,13H,2-3,8-9H2,1H3. The molecule has 1 rings (SSSR count). The zero-order valence-electron chi connectivity index (χ0n) is 9.31. The number of carbonyl (C=O) groups excluding carboxylic acids is 1. The first-order valence-corrected chi connectivity index (χ1v) is 6.29. The minimum Gasteiger partial charge on any atom is -0.507 e. The van der Waals surface area contributed by atoms with Gasteiger partial charge in [0.1, 0.15) is 5.75 Å². The highest BCUT2D eigenvalue weighted by atomic mass is 32.2. The Balaban J connectivity index is 2.29. The maximum absolute atomic E-state index is 11.3. The van der Waals surface area contributed by atoms with Crippen LogP contribution in [0.3, 0.4) is 0 Å². The van der Waals surface area contributed by atoms with E-state index in [1.165, 1.54) is 11.8 Å². The van der Waals surface area contributed by atoms with E-state index in [0.717, 1.165) is 12.8 Å². The van der Waals surface area contributed by atoms with Crippen LogP contribution < -0.4 is 0 Å². The minimum absolute atomic E-state index is 0.203. The Morgan fingerprint density at radius 3 is 2.88 bits per heavy atom. The molecule has 0 bridgehead atoms. The molecule has 0 radical (unpaired) electrons. The fourth-order valence-electron chi connectivity index (χ4n) is 1.09. The van der Waals surface area contributed by atoms with Crippen molar-refractivity contribution in [3.63, 3.8) is 0 Å². The Bertz CT molecular complexity index is 339. The van der Waals surface area contributed by atoms with E-state index in [-0.39, 0.29) is 17.5 Å². The van der Waals surface area contributed by atoms with Crippen LogP contribution in [-0.2, 0) is 9.53 Å². The van der Waals surface area contributed by atoms with Gasteiger partial charge in [0.2, 0.25) is 0 Å². The molecule has 16 heavy (non-hydrogen) atoms. The van der Waals surface area contributed by atoms with Gasteiger partial charge in [0.25, 0.3) is 0 Å². The van der Waals surface area contributed by atoms with E-state index >= 15 is 0 Å². The monoisotopic (exact) mass is 240 g/mol. The Labute approximate surface area is 99.8 Å². The molecule has 4 heteroatoms. The molecule has 0 amide bonds. The van der Waals surface area contributed by atoms with E-state index in [2.05, 4.69) is 0 Å². The van der Waals surface area contributed by atoms with Gasteiger partial charge in [-0.3, -0.25) is 4.79 Å². The van der Waals surface area contributed by atoms with Crippen LogP contribution in [0.5, 0.6) is 5.75 Å². The molecule has 0 atom stereocenters. The van der Waals surface area contributed by atoms with Crippen LogP contribution >= 0.6 is 11.8 Å². The van der Waals surface area contributed by atoms with Crippen molar-refractivity contribution in [3.8, 4) is 5.75 Å². The molecule has 0 aliphatic heterocycles. The van der Waals surface area contributed by atoms with Crippen molar-refractivity contribution >= 4 is 17.7 Å². The van der Waals surface area contributed by atoms with Gasteiger partial charge in [0.05, 0.1) is 12.4 Å². The lowest BCUT2D eigenvalue weighted by Gasteiger charge is -2.04. The predicted molar refractivity (Wildman–Crippen MR) is 64.7 cm³/mol. The minimum atomic E-state index is -0.235. The Hall–Kier alpha value is -1.16. The van der Waals surface area contributed by atoms with Crippen molar-refractivity contribution in [1.82, 2.24) is 0 Å². The normalized spacial score (nSPS) is 10.1. The Morgan fingerprint density at radius 1 is 1.44 bits per heavy atom. The number of phenols is 1. The van der Waals surface area contributed by atoms with E-state index in [0.29, 0.717) is 11.5 Å². The summed E-state index contributed by atoms with van der Waals surface area (Å²) < 4.78 is 5.00. The smallest absolute Gasteiger partial charge is 0.316 e.